The zero-order chi connectivity index (χ0) is 19.6. The van der Waals surface area contributed by atoms with Crippen molar-refractivity contribution in [2.45, 2.75) is 39.7 Å². The molecule has 7 nitrogen and oxygen atoms in total. The van der Waals surface area contributed by atoms with Gasteiger partial charge in [0.25, 0.3) is 0 Å². The Balaban J connectivity index is 1.95. The monoisotopic (exact) mass is 372 g/mol. The van der Waals surface area contributed by atoms with E-state index >= 15 is 0 Å². The molecule has 0 radical (unpaired) electrons. The van der Waals surface area contributed by atoms with Crippen LogP contribution in [-0.2, 0) is 16.1 Å². The van der Waals surface area contributed by atoms with Crippen LogP contribution in [0.5, 0.6) is 5.88 Å². The van der Waals surface area contributed by atoms with Gasteiger partial charge in [-0.2, -0.15) is 0 Å². The number of carbonyl (C=O) groups is 1. The summed E-state index contributed by atoms with van der Waals surface area (Å²) in [6.45, 7) is 5.28. The first-order chi connectivity index (χ1) is 13.0. The molecular weight excluding hydrogens is 344 g/mol. The largest absolute Gasteiger partial charge is 0.477 e. The topological polar surface area (TPSA) is 110 Å². The molecule has 0 aliphatic heterocycles. The molecule has 27 heavy (non-hydrogen) atoms. The van der Waals surface area contributed by atoms with Crippen LogP contribution in [0.1, 0.15) is 37.3 Å². The fraction of sp³-hybridized carbons (Fsp3) is 0.450. The third-order valence-electron chi connectivity index (χ3n) is 4.07. The number of esters is 1. The van der Waals surface area contributed by atoms with E-state index in [4.69, 9.17) is 20.6 Å². The zero-order valence-corrected chi connectivity index (χ0v) is 16.0. The minimum atomic E-state index is -0.379. The summed E-state index contributed by atoms with van der Waals surface area (Å²) in [7, 11) is 0. The van der Waals surface area contributed by atoms with Gasteiger partial charge in [0.05, 0.1) is 25.3 Å². The summed E-state index contributed by atoms with van der Waals surface area (Å²) in [5, 5.41) is 11.1. The number of aryl methyl sites for hydroxylation is 1. The maximum Gasteiger partial charge on any atom is 0.310 e. The smallest absolute Gasteiger partial charge is 0.310 e. The van der Waals surface area contributed by atoms with E-state index in [0.717, 1.165) is 17.7 Å². The molecule has 1 fully saturated rings. The van der Waals surface area contributed by atoms with Crippen molar-refractivity contribution in [3.05, 3.63) is 47.4 Å². The fourth-order valence-corrected chi connectivity index (χ4v) is 2.44. The molecule has 1 saturated carbocycles. The molecule has 4 N–H and O–H groups in total. The Morgan fingerprint density at radius 3 is 2.89 bits per heavy atom. The molecule has 0 spiro atoms. The van der Waals surface area contributed by atoms with Gasteiger partial charge in [-0.15, -0.1) is 0 Å². The SMILES string of the molecule is CCOC(=O)C/C(=C/NCc1cnc(OCC2CC2)c(C)c1)C(=N)/C=C\N. The van der Waals surface area contributed by atoms with Crippen molar-refractivity contribution in [2.75, 3.05) is 13.2 Å². The summed E-state index contributed by atoms with van der Waals surface area (Å²) < 4.78 is 10.7. The molecule has 1 aliphatic carbocycles. The lowest BCUT2D eigenvalue weighted by atomic mass is 10.1. The first kappa shape index (κ1) is 20.5. The van der Waals surface area contributed by atoms with Crippen LogP contribution >= 0.6 is 0 Å². The van der Waals surface area contributed by atoms with Crippen molar-refractivity contribution in [1.82, 2.24) is 10.3 Å². The summed E-state index contributed by atoms with van der Waals surface area (Å²) in [5.41, 5.74) is 7.99. The van der Waals surface area contributed by atoms with E-state index in [1.165, 1.54) is 25.1 Å². The van der Waals surface area contributed by atoms with Crippen LogP contribution in [0, 0.1) is 18.3 Å². The molecular formula is C20H28N4O3. The summed E-state index contributed by atoms with van der Waals surface area (Å²) in [5.74, 6) is 0.989. The molecule has 0 aromatic carbocycles. The third kappa shape index (κ3) is 7.13. The van der Waals surface area contributed by atoms with Gasteiger partial charge in [0.1, 0.15) is 0 Å². The molecule has 0 unspecified atom stereocenters. The number of hydrogen-bond acceptors (Lipinski definition) is 7. The predicted octanol–water partition coefficient (Wildman–Crippen LogP) is 2.60. The second-order valence-corrected chi connectivity index (χ2v) is 6.53. The Kier molecular flexibility index (Phi) is 7.85. The lowest BCUT2D eigenvalue weighted by molar-refractivity contribution is -0.142. The van der Waals surface area contributed by atoms with Gasteiger partial charge in [-0.1, -0.05) is 0 Å². The summed E-state index contributed by atoms with van der Waals surface area (Å²) in [6, 6.07) is 2.02. The Hall–Kier alpha value is -2.83. The molecule has 1 heterocycles. The minimum absolute atomic E-state index is 0.00916. The number of nitrogens with zero attached hydrogens (tertiary/aromatic N) is 1. The van der Waals surface area contributed by atoms with Gasteiger partial charge >= 0.3 is 5.97 Å². The fourth-order valence-electron chi connectivity index (χ4n) is 2.44. The highest BCUT2D eigenvalue weighted by atomic mass is 16.5. The van der Waals surface area contributed by atoms with Crippen molar-refractivity contribution in [3.8, 4) is 5.88 Å². The standard InChI is InChI=1S/C20H28N4O3/c1-3-26-19(25)9-17(18(22)6-7-21)12-23-10-16-8-14(2)20(24-11-16)27-13-15-4-5-15/h6-8,11-12,15,22-23H,3-5,9-10,13,21H2,1-2H3/b7-6-,17-12-,22-18?. The molecule has 1 aromatic rings. The molecule has 146 valence electrons. The molecule has 0 bridgehead atoms. The summed E-state index contributed by atoms with van der Waals surface area (Å²) in [4.78, 5) is 16.1. The second kappa shape index (κ2) is 10.4. The number of hydrogen-bond donors (Lipinski definition) is 3. The maximum absolute atomic E-state index is 11.7. The quantitative estimate of drug-likeness (QED) is 0.407. The average Bonchev–Trinajstić information content (AvgIpc) is 3.45. The van der Waals surface area contributed by atoms with Gasteiger partial charge in [0, 0.05) is 30.1 Å². The van der Waals surface area contributed by atoms with Gasteiger partial charge in [0.2, 0.25) is 5.88 Å². The van der Waals surface area contributed by atoms with Crippen molar-refractivity contribution < 1.29 is 14.3 Å². The highest BCUT2D eigenvalue weighted by molar-refractivity contribution is 6.08. The lowest BCUT2D eigenvalue weighted by Crippen LogP contribution is -2.14. The second-order valence-electron chi connectivity index (χ2n) is 6.53. The molecule has 1 aromatic heterocycles. The molecule has 0 amide bonds. The number of aromatic nitrogens is 1. The van der Waals surface area contributed by atoms with E-state index < -0.39 is 0 Å². The van der Waals surface area contributed by atoms with E-state index in [1.807, 2.05) is 13.0 Å². The molecule has 1 aliphatic rings. The number of nitrogens with one attached hydrogen (secondary N) is 2. The van der Waals surface area contributed by atoms with E-state index in [9.17, 15) is 4.79 Å². The molecule has 7 heteroatoms. The third-order valence-corrected chi connectivity index (χ3v) is 4.07. The number of rotatable bonds is 11. The van der Waals surface area contributed by atoms with Gasteiger partial charge in [-0.05, 0) is 56.5 Å². The van der Waals surface area contributed by atoms with Gasteiger partial charge in [-0.25, -0.2) is 4.98 Å². The zero-order valence-electron chi connectivity index (χ0n) is 16.0. The summed E-state index contributed by atoms with van der Waals surface area (Å²) in [6.07, 6.45) is 8.62. The maximum atomic E-state index is 11.7. The Bertz CT molecular complexity index is 724. The number of ether oxygens (including phenoxy) is 2. The van der Waals surface area contributed by atoms with Gasteiger partial charge in [0.15, 0.2) is 0 Å². The molecule has 2 rings (SSSR count). The normalized spacial score (nSPS) is 14.2. The number of pyridine rings is 1. The highest BCUT2D eigenvalue weighted by Crippen LogP contribution is 2.29. The van der Waals surface area contributed by atoms with Crippen LogP contribution in [0.15, 0.2) is 36.3 Å². The van der Waals surface area contributed by atoms with E-state index in [0.29, 0.717) is 30.5 Å². The van der Waals surface area contributed by atoms with Crippen LogP contribution in [0.2, 0.25) is 0 Å². The lowest BCUT2D eigenvalue weighted by Gasteiger charge is -2.10. The molecule has 0 saturated heterocycles. The number of allylic oxidation sites excluding steroid dienone is 1. The minimum Gasteiger partial charge on any atom is -0.477 e. The summed E-state index contributed by atoms with van der Waals surface area (Å²) >= 11 is 0. The molecule has 0 atom stereocenters. The van der Waals surface area contributed by atoms with Crippen molar-refractivity contribution >= 4 is 11.7 Å². The first-order valence-electron chi connectivity index (χ1n) is 9.17. The van der Waals surface area contributed by atoms with Crippen molar-refractivity contribution in [1.29, 1.82) is 5.41 Å². The van der Waals surface area contributed by atoms with Crippen LogP contribution in [-0.4, -0.2) is 29.9 Å². The Labute approximate surface area is 160 Å². The number of carbonyl (C=O) groups excluding carboxylic acids is 1. The van der Waals surface area contributed by atoms with Crippen LogP contribution in [0.4, 0.5) is 0 Å². The van der Waals surface area contributed by atoms with E-state index in [-0.39, 0.29) is 18.1 Å². The van der Waals surface area contributed by atoms with Crippen LogP contribution in [0.3, 0.4) is 0 Å². The Morgan fingerprint density at radius 2 is 2.26 bits per heavy atom. The van der Waals surface area contributed by atoms with E-state index in [1.54, 1.807) is 19.3 Å². The van der Waals surface area contributed by atoms with Gasteiger partial charge < -0.3 is 25.9 Å². The number of nitrogens with two attached hydrogens (primary N) is 1. The first-order valence-corrected chi connectivity index (χ1v) is 9.17. The van der Waals surface area contributed by atoms with E-state index in [2.05, 4.69) is 10.3 Å². The van der Waals surface area contributed by atoms with Crippen molar-refractivity contribution in [2.24, 2.45) is 11.7 Å². The van der Waals surface area contributed by atoms with Crippen molar-refractivity contribution in [3.63, 3.8) is 0 Å². The predicted molar refractivity (Wildman–Crippen MR) is 104 cm³/mol. The Morgan fingerprint density at radius 1 is 1.48 bits per heavy atom. The van der Waals surface area contributed by atoms with Crippen LogP contribution in [0.25, 0.3) is 0 Å². The average molecular weight is 372 g/mol. The van der Waals surface area contributed by atoms with Crippen LogP contribution < -0.4 is 15.8 Å². The highest BCUT2D eigenvalue weighted by Gasteiger charge is 2.22. The van der Waals surface area contributed by atoms with Gasteiger partial charge in [-0.3, -0.25) is 4.79 Å².